The van der Waals surface area contributed by atoms with Gasteiger partial charge in [0.2, 0.25) is 0 Å². The summed E-state index contributed by atoms with van der Waals surface area (Å²) in [4.78, 5) is 11.6. The maximum absolute atomic E-state index is 12.4. The van der Waals surface area contributed by atoms with Gasteiger partial charge in [0.15, 0.2) is 0 Å². The Kier molecular flexibility index (Phi) is 5.30. The highest BCUT2D eigenvalue weighted by Gasteiger charge is 2.29. The predicted molar refractivity (Wildman–Crippen MR) is 82.6 cm³/mol. The lowest BCUT2D eigenvalue weighted by atomic mass is 10.2. The van der Waals surface area contributed by atoms with Crippen LogP contribution >= 0.6 is 15.9 Å². The first kappa shape index (κ1) is 17.3. The molecule has 0 amide bonds. The predicted octanol–water partition coefficient (Wildman–Crippen LogP) is 3.05. The second-order valence-electron chi connectivity index (χ2n) is 4.60. The van der Waals surface area contributed by atoms with Crippen molar-refractivity contribution >= 4 is 21.6 Å². The van der Waals surface area contributed by atoms with Gasteiger partial charge in [-0.2, -0.15) is 18.3 Å². The molecule has 1 aromatic carbocycles. The molecule has 1 aromatic heterocycles. The Labute approximate surface area is 138 Å². The molecule has 0 unspecified atom stereocenters. The van der Waals surface area contributed by atoms with Crippen LogP contribution < -0.4 is 15.6 Å². The molecule has 1 heterocycles. The fraction of sp³-hybridized carbons (Fsp3) is 0.286. The summed E-state index contributed by atoms with van der Waals surface area (Å²) in [6, 6.07) is 4.45. The van der Waals surface area contributed by atoms with Crippen molar-refractivity contribution in [1.29, 1.82) is 0 Å². The molecule has 5 nitrogen and oxygen atoms in total. The lowest BCUT2D eigenvalue weighted by molar-refractivity contribution is -0.137. The van der Waals surface area contributed by atoms with Crippen LogP contribution in [0.5, 0.6) is 5.75 Å². The molecular weight excluding hydrogens is 379 g/mol. The summed E-state index contributed by atoms with van der Waals surface area (Å²) in [6.07, 6.45) is -2.87. The van der Waals surface area contributed by atoms with Gasteiger partial charge in [0, 0.05) is 13.6 Å². The van der Waals surface area contributed by atoms with Crippen molar-refractivity contribution < 1.29 is 17.9 Å². The Morgan fingerprint density at radius 1 is 1.30 bits per heavy atom. The minimum absolute atomic E-state index is 0.215. The quantitative estimate of drug-likeness (QED) is 0.795. The summed E-state index contributed by atoms with van der Waals surface area (Å²) in [5, 5.41) is 6.83. The molecule has 1 N–H and O–H groups in total. The number of anilines is 1. The van der Waals surface area contributed by atoms with E-state index in [0.29, 0.717) is 22.5 Å². The molecule has 23 heavy (non-hydrogen) atoms. The molecule has 0 bridgehead atoms. The van der Waals surface area contributed by atoms with E-state index >= 15 is 0 Å². The van der Waals surface area contributed by atoms with Gasteiger partial charge in [-0.05, 0) is 40.2 Å². The summed E-state index contributed by atoms with van der Waals surface area (Å²) < 4.78 is 44.2. The first-order valence-corrected chi connectivity index (χ1v) is 7.34. The van der Waals surface area contributed by atoms with Gasteiger partial charge in [0.25, 0.3) is 5.56 Å². The standard InChI is InChI=1S/C14H13BrF3N3O2/c1-21-13(22)12(15)11(8-20-21)19-6-7-23-10-4-2-9(3-5-10)14(16,17)18/h2-5,8,19H,6-7H2,1H3. The number of aryl methyl sites for hydroxylation is 1. The van der Waals surface area contributed by atoms with Crippen LogP contribution in [-0.2, 0) is 13.2 Å². The highest BCUT2D eigenvalue weighted by molar-refractivity contribution is 9.10. The fourth-order valence-corrected chi connectivity index (χ4v) is 2.23. The lowest BCUT2D eigenvalue weighted by Gasteiger charge is -2.11. The Hall–Kier alpha value is -2.03. The molecule has 0 fully saturated rings. The number of alkyl halides is 3. The maximum atomic E-state index is 12.4. The highest BCUT2D eigenvalue weighted by Crippen LogP contribution is 2.30. The third kappa shape index (κ3) is 4.47. The van der Waals surface area contributed by atoms with Crippen molar-refractivity contribution in [2.24, 2.45) is 7.05 Å². The van der Waals surface area contributed by atoms with E-state index in [-0.39, 0.29) is 12.2 Å². The zero-order chi connectivity index (χ0) is 17.0. The van der Waals surface area contributed by atoms with Gasteiger partial charge >= 0.3 is 6.18 Å². The van der Waals surface area contributed by atoms with Gasteiger partial charge in [-0.1, -0.05) is 0 Å². The Morgan fingerprint density at radius 3 is 2.57 bits per heavy atom. The topological polar surface area (TPSA) is 56.1 Å². The van der Waals surface area contributed by atoms with Crippen LogP contribution in [0.25, 0.3) is 0 Å². The lowest BCUT2D eigenvalue weighted by Crippen LogP contribution is -2.22. The number of benzene rings is 1. The number of aromatic nitrogens is 2. The first-order chi connectivity index (χ1) is 10.8. The number of nitrogens with zero attached hydrogens (tertiary/aromatic N) is 2. The molecule has 0 spiro atoms. The van der Waals surface area contributed by atoms with E-state index in [9.17, 15) is 18.0 Å². The van der Waals surface area contributed by atoms with Crippen LogP contribution in [0.3, 0.4) is 0 Å². The number of halogens is 4. The fourth-order valence-electron chi connectivity index (χ4n) is 1.73. The van der Waals surface area contributed by atoms with Gasteiger partial charge in [-0.3, -0.25) is 4.79 Å². The summed E-state index contributed by atoms with van der Waals surface area (Å²) in [5.41, 5.74) is -0.485. The van der Waals surface area contributed by atoms with Gasteiger partial charge in [0.1, 0.15) is 16.8 Å². The van der Waals surface area contributed by atoms with Crippen LogP contribution in [0, 0.1) is 0 Å². The molecule has 9 heteroatoms. The van der Waals surface area contributed by atoms with E-state index in [1.165, 1.54) is 30.1 Å². The van der Waals surface area contributed by atoms with Gasteiger partial charge in [-0.15, -0.1) is 0 Å². The molecule has 0 aliphatic heterocycles. The second kappa shape index (κ2) is 7.03. The smallest absolute Gasteiger partial charge is 0.416 e. The molecule has 0 saturated carbocycles. The van der Waals surface area contributed by atoms with Crippen LogP contribution in [0.15, 0.2) is 39.7 Å². The minimum atomic E-state index is -4.36. The molecule has 0 aliphatic carbocycles. The van der Waals surface area contributed by atoms with Crippen LogP contribution in [0.4, 0.5) is 18.9 Å². The Balaban J connectivity index is 1.86. The molecular formula is C14H13BrF3N3O2. The van der Waals surface area contributed by atoms with E-state index in [0.717, 1.165) is 12.1 Å². The number of hydrogen-bond donors (Lipinski definition) is 1. The van der Waals surface area contributed by atoms with Gasteiger partial charge in [-0.25, -0.2) is 4.68 Å². The van der Waals surface area contributed by atoms with Crippen LogP contribution in [0.2, 0.25) is 0 Å². The third-order valence-electron chi connectivity index (χ3n) is 2.95. The average Bonchev–Trinajstić information content (AvgIpc) is 2.51. The van der Waals surface area contributed by atoms with Gasteiger partial charge in [0.05, 0.1) is 17.4 Å². The number of ether oxygens (including phenoxy) is 1. The molecule has 2 rings (SSSR count). The SMILES string of the molecule is Cn1ncc(NCCOc2ccc(C(F)(F)F)cc2)c(Br)c1=O. The second-order valence-corrected chi connectivity index (χ2v) is 5.39. The molecule has 0 aliphatic rings. The monoisotopic (exact) mass is 391 g/mol. The van der Waals surface area contributed by atoms with Crippen molar-refractivity contribution in [3.63, 3.8) is 0 Å². The first-order valence-electron chi connectivity index (χ1n) is 6.55. The Morgan fingerprint density at radius 2 is 1.96 bits per heavy atom. The van der Waals surface area contributed by atoms with Crippen molar-refractivity contribution in [2.75, 3.05) is 18.5 Å². The molecule has 124 valence electrons. The third-order valence-corrected chi connectivity index (χ3v) is 3.71. The summed E-state index contributed by atoms with van der Waals surface area (Å²) >= 11 is 3.17. The Bertz CT molecular complexity index is 730. The van der Waals surface area contributed by atoms with Crippen LogP contribution in [0.1, 0.15) is 5.56 Å². The largest absolute Gasteiger partial charge is 0.492 e. The minimum Gasteiger partial charge on any atom is -0.492 e. The van der Waals surface area contributed by atoms with Crippen molar-refractivity contribution in [3.8, 4) is 5.75 Å². The van der Waals surface area contributed by atoms with Crippen molar-refractivity contribution in [2.45, 2.75) is 6.18 Å². The zero-order valence-electron chi connectivity index (χ0n) is 12.0. The van der Waals surface area contributed by atoms with E-state index in [4.69, 9.17) is 4.74 Å². The normalized spacial score (nSPS) is 11.3. The summed E-state index contributed by atoms with van der Waals surface area (Å²) in [7, 11) is 1.53. The number of nitrogens with one attached hydrogen (secondary N) is 1. The van der Waals surface area contributed by atoms with Crippen molar-refractivity contribution in [1.82, 2.24) is 9.78 Å². The summed E-state index contributed by atoms with van der Waals surface area (Å²) in [6.45, 7) is 0.571. The maximum Gasteiger partial charge on any atom is 0.416 e. The molecule has 0 saturated heterocycles. The zero-order valence-corrected chi connectivity index (χ0v) is 13.6. The van der Waals surface area contributed by atoms with Gasteiger partial charge < -0.3 is 10.1 Å². The van der Waals surface area contributed by atoms with Crippen LogP contribution in [-0.4, -0.2) is 22.9 Å². The highest BCUT2D eigenvalue weighted by atomic mass is 79.9. The number of rotatable bonds is 5. The van der Waals surface area contributed by atoms with Crippen molar-refractivity contribution in [3.05, 3.63) is 50.9 Å². The average molecular weight is 392 g/mol. The van der Waals surface area contributed by atoms with E-state index in [2.05, 4.69) is 26.3 Å². The van der Waals surface area contributed by atoms with E-state index < -0.39 is 11.7 Å². The molecule has 0 radical (unpaired) electrons. The number of hydrogen-bond acceptors (Lipinski definition) is 4. The summed E-state index contributed by atoms with van der Waals surface area (Å²) in [5.74, 6) is 0.334. The van der Waals surface area contributed by atoms with E-state index in [1.807, 2.05) is 0 Å². The molecule has 0 atom stereocenters. The van der Waals surface area contributed by atoms with E-state index in [1.54, 1.807) is 0 Å². The molecule has 2 aromatic rings.